The quantitative estimate of drug-likeness (QED) is 0.850. The van der Waals surface area contributed by atoms with Gasteiger partial charge in [-0.15, -0.1) is 0 Å². The zero-order chi connectivity index (χ0) is 16.3. The van der Waals surface area contributed by atoms with Crippen molar-refractivity contribution in [2.24, 2.45) is 0 Å². The lowest BCUT2D eigenvalue weighted by Crippen LogP contribution is -2.27. The van der Waals surface area contributed by atoms with E-state index >= 15 is 0 Å². The lowest BCUT2D eigenvalue weighted by Gasteiger charge is -2.22. The molecular weight excluding hydrogens is 302 g/mol. The van der Waals surface area contributed by atoms with Crippen molar-refractivity contribution >= 4 is 15.7 Å². The third kappa shape index (κ3) is 2.74. The summed E-state index contributed by atoms with van der Waals surface area (Å²) in [5.74, 6) is 0.875. The van der Waals surface area contributed by atoms with Crippen molar-refractivity contribution in [2.75, 3.05) is 25.6 Å². The van der Waals surface area contributed by atoms with E-state index in [0.717, 1.165) is 0 Å². The van der Waals surface area contributed by atoms with Crippen LogP contribution < -0.4 is 13.8 Å². The summed E-state index contributed by atoms with van der Waals surface area (Å²) in [6.45, 7) is 1.76. The third-order valence-corrected chi connectivity index (χ3v) is 5.31. The van der Waals surface area contributed by atoms with Gasteiger partial charge in [0.05, 0.1) is 19.9 Å². The normalized spacial score (nSPS) is 11.1. The van der Waals surface area contributed by atoms with Crippen molar-refractivity contribution in [1.29, 1.82) is 0 Å². The molecule has 0 bridgehead atoms. The van der Waals surface area contributed by atoms with Crippen molar-refractivity contribution in [3.8, 4) is 11.5 Å². The first-order valence-corrected chi connectivity index (χ1v) is 8.13. The Kier molecular flexibility index (Phi) is 4.61. The monoisotopic (exact) mass is 321 g/mol. The molecule has 118 valence electrons. The summed E-state index contributed by atoms with van der Waals surface area (Å²) in [5.41, 5.74) is 1.23. The maximum Gasteiger partial charge on any atom is 0.267 e. The molecule has 0 unspecified atom stereocenters. The summed E-state index contributed by atoms with van der Waals surface area (Å²) in [4.78, 5) is 0.111. The molecule has 2 rings (SSSR count). The Morgan fingerprint density at radius 1 is 0.955 bits per heavy atom. The average molecular weight is 321 g/mol. The minimum atomic E-state index is -3.73. The van der Waals surface area contributed by atoms with Gasteiger partial charge in [0.1, 0.15) is 16.4 Å². The molecule has 0 aliphatic heterocycles. The molecule has 0 N–H and O–H groups in total. The zero-order valence-corrected chi connectivity index (χ0v) is 13.8. The molecule has 2 aromatic carbocycles. The molecule has 22 heavy (non-hydrogen) atoms. The lowest BCUT2D eigenvalue weighted by molar-refractivity contribution is 0.380. The van der Waals surface area contributed by atoms with Gasteiger partial charge in [0, 0.05) is 12.6 Å². The molecule has 5 nitrogen and oxygen atoms in total. The molecule has 0 aromatic heterocycles. The van der Waals surface area contributed by atoms with E-state index in [9.17, 15) is 8.42 Å². The van der Waals surface area contributed by atoms with E-state index in [1.165, 1.54) is 31.6 Å². The second-order valence-corrected chi connectivity index (χ2v) is 6.67. The van der Waals surface area contributed by atoms with Gasteiger partial charge in [-0.05, 0) is 31.2 Å². The predicted molar refractivity (Wildman–Crippen MR) is 86.3 cm³/mol. The molecule has 0 fully saturated rings. The van der Waals surface area contributed by atoms with E-state index in [1.54, 1.807) is 37.3 Å². The van der Waals surface area contributed by atoms with E-state index in [2.05, 4.69) is 0 Å². The Bertz CT molecular complexity index is 757. The number of para-hydroxylation sites is 1. The predicted octanol–water partition coefficient (Wildman–Crippen LogP) is 2.84. The molecule has 0 saturated carbocycles. The van der Waals surface area contributed by atoms with Crippen LogP contribution in [0.15, 0.2) is 47.4 Å². The average Bonchev–Trinajstić information content (AvgIpc) is 2.54. The van der Waals surface area contributed by atoms with Crippen molar-refractivity contribution in [2.45, 2.75) is 11.8 Å². The fourth-order valence-corrected chi connectivity index (χ4v) is 3.66. The highest BCUT2D eigenvalue weighted by Crippen LogP contribution is 2.36. The maximum absolute atomic E-state index is 12.9. The van der Waals surface area contributed by atoms with Gasteiger partial charge >= 0.3 is 0 Å². The first-order valence-electron chi connectivity index (χ1n) is 6.69. The molecule has 0 spiro atoms. The second-order valence-electron chi connectivity index (χ2n) is 4.73. The molecule has 0 saturated heterocycles. The van der Waals surface area contributed by atoms with Crippen LogP contribution in [0.3, 0.4) is 0 Å². The van der Waals surface area contributed by atoms with Crippen LogP contribution in [0.1, 0.15) is 5.56 Å². The number of anilines is 1. The molecule has 0 aliphatic rings. The zero-order valence-electron chi connectivity index (χ0n) is 13.0. The fourth-order valence-electron chi connectivity index (χ4n) is 2.25. The van der Waals surface area contributed by atoms with Crippen LogP contribution in [-0.2, 0) is 10.0 Å². The third-order valence-electron chi connectivity index (χ3n) is 3.50. The van der Waals surface area contributed by atoms with Crippen molar-refractivity contribution in [1.82, 2.24) is 0 Å². The molecule has 0 aliphatic carbocycles. The highest BCUT2D eigenvalue weighted by molar-refractivity contribution is 7.92. The minimum absolute atomic E-state index is 0.111. The number of rotatable bonds is 5. The Labute approximate surface area is 131 Å². The van der Waals surface area contributed by atoms with Gasteiger partial charge in [-0.1, -0.05) is 18.2 Å². The van der Waals surface area contributed by atoms with Gasteiger partial charge in [0.2, 0.25) is 0 Å². The van der Waals surface area contributed by atoms with Crippen molar-refractivity contribution < 1.29 is 17.9 Å². The van der Waals surface area contributed by atoms with E-state index in [0.29, 0.717) is 22.7 Å². The van der Waals surface area contributed by atoms with Crippen LogP contribution in [0.2, 0.25) is 0 Å². The van der Waals surface area contributed by atoms with Crippen LogP contribution in [0.4, 0.5) is 5.69 Å². The van der Waals surface area contributed by atoms with Crippen LogP contribution in [0.25, 0.3) is 0 Å². The van der Waals surface area contributed by atoms with Gasteiger partial charge in [0.25, 0.3) is 10.0 Å². The van der Waals surface area contributed by atoms with Gasteiger partial charge in [-0.3, -0.25) is 4.31 Å². The molecule has 6 heteroatoms. The summed E-state index contributed by atoms with van der Waals surface area (Å²) in [7, 11) is 0.770. The van der Waals surface area contributed by atoms with E-state index < -0.39 is 10.0 Å². The van der Waals surface area contributed by atoms with Crippen molar-refractivity contribution in [3.05, 3.63) is 48.0 Å². The Morgan fingerprint density at radius 3 is 2.14 bits per heavy atom. The first kappa shape index (κ1) is 16.2. The topological polar surface area (TPSA) is 55.8 Å². The fraction of sp³-hybridized carbons (Fsp3) is 0.250. The summed E-state index contributed by atoms with van der Waals surface area (Å²) in [6.07, 6.45) is 0. The molecule has 0 heterocycles. The van der Waals surface area contributed by atoms with E-state index in [4.69, 9.17) is 9.47 Å². The van der Waals surface area contributed by atoms with E-state index in [-0.39, 0.29) is 4.90 Å². The Morgan fingerprint density at radius 2 is 1.59 bits per heavy atom. The van der Waals surface area contributed by atoms with Crippen molar-refractivity contribution in [3.63, 3.8) is 0 Å². The lowest BCUT2D eigenvalue weighted by atomic mass is 10.2. The second kappa shape index (κ2) is 6.27. The van der Waals surface area contributed by atoms with Crippen LogP contribution >= 0.6 is 0 Å². The summed E-state index contributed by atoms with van der Waals surface area (Å²) in [6, 6.07) is 12.0. The number of hydrogen-bond donors (Lipinski definition) is 0. The van der Waals surface area contributed by atoms with Gasteiger partial charge < -0.3 is 9.47 Å². The van der Waals surface area contributed by atoms with Crippen LogP contribution in [0.5, 0.6) is 11.5 Å². The van der Waals surface area contributed by atoms with Crippen LogP contribution in [-0.4, -0.2) is 29.7 Å². The van der Waals surface area contributed by atoms with Gasteiger partial charge in [-0.2, -0.15) is 0 Å². The van der Waals surface area contributed by atoms with Crippen LogP contribution in [0, 0.1) is 6.92 Å². The largest absolute Gasteiger partial charge is 0.496 e. The summed E-state index contributed by atoms with van der Waals surface area (Å²) < 4.78 is 37.5. The van der Waals surface area contributed by atoms with Gasteiger partial charge in [-0.25, -0.2) is 8.42 Å². The summed E-state index contributed by atoms with van der Waals surface area (Å²) >= 11 is 0. The number of methoxy groups -OCH3 is 2. The highest BCUT2D eigenvalue weighted by atomic mass is 32.2. The molecule has 0 amide bonds. The smallest absolute Gasteiger partial charge is 0.267 e. The Balaban J connectivity index is 2.57. The molecular formula is C16H19NO4S. The Hall–Kier alpha value is -2.21. The van der Waals surface area contributed by atoms with E-state index in [1.807, 2.05) is 6.07 Å². The highest BCUT2D eigenvalue weighted by Gasteiger charge is 2.27. The minimum Gasteiger partial charge on any atom is -0.496 e. The molecule has 0 atom stereocenters. The number of sulfonamides is 1. The molecule has 2 aromatic rings. The maximum atomic E-state index is 12.9. The number of benzene rings is 2. The standard InChI is InChI=1S/C16H19NO4S/c1-12-14(20-3)10-11-15(16(12)21-4)22(18,19)17(2)13-8-6-5-7-9-13/h5-11H,1-4H3. The number of ether oxygens (including phenoxy) is 2. The van der Waals surface area contributed by atoms with Gasteiger partial charge in [0.15, 0.2) is 0 Å². The molecule has 0 radical (unpaired) electrons. The SMILES string of the molecule is COc1ccc(S(=O)(=O)N(C)c2ccccc2)c(OC)c1C. The number of nitrogens with zero attached hydrogens (tertiary/aromatic N) is 1. The first-order chi connectivity index (χ1) is 10.4. The summed E-state index contributed by atoms with van der Waals surface area (Å²) in [5, 5.41) is 0. The number of hydrogen-bond acceptors (Lipinski definition) is 4.